The highest BCUT2D eigenvalue weighted by Gasteiger charge is 2.16. The van der Waals surface area contributed by atoms with Gasteiger partial charge in [-0.3, -0.25) is 0 Å². The normalized spacial score (nSPS) is 11.6. The fourth-order valence-electron chi connectivity index (χ4n) is 1.95. The number of amides is 2. The van der Waals surface area contributed by atoms with Crippen molar-refractivity contribution < 1.29 is 4.79 Å². The number of urea groups is 1. The van der Waals surface area contributed by atoms with E-state index in [1.807, 2.05) is 25.1 Å². The molecule has 1 aromatic carbocycles. The molecule has 1 aromatic heterocycles. The Balaban J connectivity index is 2.28. The fraction of sp³-hybridized carbons (Fsp3) is 0.400. The summed E-state index contributed by atoms with van der Waals surface area (Å²) in [6.07, 6.45) is 0. The number of anilines is 1. The third-order valence-corrected chi connectivity index (χ3v) is 3.02. The van der Waals surface area contributed by atoms with Gasteiger partial charge >= 0.3 is 6.03 Å². The highest BCUT2D eigenvalue weighted by atomic mass is 16.2. The van der Waals surface area contributed by atoms with Crippen LogP contribution in [0.15, 0.2) is 24.3 Å². The van der Waals surface area contributed by atoms with E-state index in [9.17, 15) is 4.79 Å². The van der Waals surface area contributed by atoms with Crippen molar-refractivity contribution in [3.63, 3.8) is 0 Å². The average molecular weight is 259 g/mol. The second-order valence-corrected chi connectivity index (χ2v) is 5.72. The van der Waals surface area contributed by atoms with Crippen molar-refractivity contribution in [3.05, 3.63) is 30.0 Å². The van der Waals surface area contributed by atoms with Crippen LogP contribution in [0.5, 0.6) is 0 Å². The molecule has 0 fully saturated rings. The van der Waals surface area contributed by atoms with Crippen LogP contribution in [0.1, 0.15) is 33.4 Å². The zero-order valence-corrected chi connectivity index (χ0v) is 11.9. The van der Waals surface area contributed by atoms with Crippen molar-refractivity contribution in [2.45, 2.75) is 33.1 Å². The number of carbonyl (C=O) groups excluding carboxylic acids is 1. The van der Waals surface area contributed by atoms with Gasteiger partial charge in [0.15, 0.2) is 0 Å². The van der Waals surface area contributed by atoms with Crippen molar-refractivity contribution in [2.24, 2.45) is 0 Å². The predicted octanol–water partition coefficient (Wildman–Crippen LogP) is 3.61. The Labute approximate surface area is 113 Å². The summed E-state index contributed by atoms with van der Waals surface area (Å²) in [5.74, 6) is 0. The van der Waals surface area contributed by atoms with Crippen molar-refractivity contribution in [2.75, 3.05) is 11.9 Å². The van der Waals surface area contributed by atoms with Gasteiger partial charge in [-0.2, -0.15) is 0 Å². The van der Waals surface area contributed by atoms with Crippen LogP contribution in [0.25, 0.3) is 10.9 Å². The van der Waals surface area contributed by atoms with E-state index in [0.29, 0.717) is 6.54 Å². The van der Waals surface area contributed by atoms with Crippen molar-refractivity contribution in [3.8, 4) is 0 Å². The maximum absolute atomic E-state index is 11.5. The summed E-state index contributed by atoms with van der Waals surface area (Å²) in [5, 5.41) is 6.64. The van der Waals surface area contributed by atoms with Gasteiger partial charge in [0.05, 0.1) is 0 Å². The zero-order valence-electron chi connectivity index (χ0n) is 11.9. The summed E-state index contributed by atoms with van der Waals surface area (Å²) in [4.78, 5) is 14.9. The fourth-order valence-corrected chi connectivity index (χ4v) is 1.95. The lowest BCUT2D eigenvalue weighted by Gasteiger charge is -2.15. The van der Waals surface area contributed by atoms with Gasteiger partial charge in [0.1, 0.15) is 0 Å². The van der Waals surface area contributed by atoms with Gasteiger partial charge in [0.2, 0.25) is 0 Å². The van der Waals surface area contributed by atoms with Gasteiger partial charge in [0, 0.05) is 34.2 Å². The SMILES string of the molecule is CCNC(=O)Nc1ccc2[nH]c(C(C)(C)C)cc2c1. The number of H-pyrrole nitrogens is 1. The zero-order chi connectivity index (χ0) is 14.0. The standard InChI is InChI=1S/C15H21N3O/c1-5-16-14(19)17-11-6-7-12-10(8-11)9-13(18-12)15(2,3)4/h6-9,18H,5H2,1-4H3,(H2,16,17,19). The predicted molar refractivity (Wildman–Crippen MR) is 79.7 cm³/mol. The van der Waals surface area contributed by atoms with Crippen LogP contribution in [-0.4, -0.2) is 17.6 Å². The molecule has 0 saturated carbocycles. The highest BCUT2D eigenvalue weighted by molar-refractivity contribution is 5.93. The van der Waals surface area contributed by atoms with E-state index in [2.05, 4.69) is 42.5 Å². The smallest absolute Gasteiger partial charge is 0.319 e. The first-order chi connectivity index (χ1) is 8.90. The van der Waals surface area contributed by atoms with Gasteiger partial charge in [-0.1, -0.05) is 20.8 Å². The molecule has 102 valence electrons. The second-order valence-electron chi connectivity index (χ2n) is 5.72. The molecule has 0 unspecified atom stereocenters. The van der Waals surface area contributed by atoms with E-state index in [1.165, 1.54) is 5.69 Å². The minimum atomic E-state index is -0.173. The van der Waals surface area contributed by atoms with Gasteiger partial charge in [0.25, 0.3) is 0 Å². The number of rotatable bonds is 2. The summed E-state index contributed by atoms with van der Waals surface area (Å²) in [6, 6.07) is 7.84. The molecule has 0 aliphatic heterocycles. The Hall–Kier alpha value is -1.97. The maximum atomic E-state index is 11.5. The van der Waals surface area contributed by atoms with Gasteiger partial charge in [-0.05, 0) is 31.2 Å². The lowest BCUT2D eigenvalue weighted by molar-refractivity contribution is 0.252. The number of hydrogen-bond acceptors (Lipinski definition) is 1. The number of aromatic nitrogens is 1. The molecular formula is C15H21N3O. The topological polar surface area (TPSA) is 56.9 Å². The Morgan fingerprint density at radius 1 is 1.26 bits per heavy atom. The van der Waals surface area contributed by atoms with E-state index < -0.39 is 0 Å². The van der Waals surface area contributed by atoms with Gasteiger partial charge < -0.3 is 15.6 Å². The summed E-state index contributed by atoms with van der Waals surface area (Å²) < 4.78 is 0. The number of carbonyl (C=O) groups is 1. The first-order valence-corrected chi connectivity index (χ1v) is 6.58. The van der Waals surface area contributed by atoms with Crippen molar-refractivity contribution in [1.82, 2.24) is 10.3 Å². The summed E-state index contributed by atoms with van der Waals surface area (Å²) in [5.41, 5.74) is 3.17. The molecule has 0 saturated heterocycles. The molecule has 3 N–H and O–H groups in total. The quantitative estimate of drug-likeness (QED) is 0.758. The average Bonchev–Trinajstić information content (AvgIpc) is 2.71. The maximum Gasteiger partial charge on any atom is 0.319 e. The van der Waals surface area contributed by atoms with Gasteiger partial charge in [-0.15, -0.1) is 0 Å². The molecule has 0 aliphatic carbocycles. The van der Waals surface area contributed by atoms with Crippen LogP contribution in [0.2, 0.25) is 0 Å². The molecule has 4 nitrogen and oxygen atoms in total. The largest absolute Gasteiger partial charge is 0.358 e. The van der Waals surface area contributed by atoms with E-state index in [4.69, 9.17) is 0 Å². The molecule has 4 heteroatoms. The summed E-state index contributed by atoms with van der Waals surface area (Å²) in [6.45, 7) is 9.03. The third-order valence-electron chi connectivity index (χ3n) is 3.02. The van der Waals surface area contributed by atoms with Crippen molar-refractivity contribution >= 4 is 22.6 Å². The van der Waals surface area contributed by atoms with E-state index in [1.54, 1.807) is 0 Å². The molecule has 0 radical (unpaired) electrons. The lowest BCUT2D eigenvalue weighted by atomic mass is 9.92. The molecule has 19 heavy (non-hydrogen) atoms. The minimum absolute atomic E-state index is 0.0895. The summed E-state index contributed by atoms with van der Waals surface area (Å²) >= 11 is 0. The van der Waals surface area contributed by atoms with Crippen LogP contribution < -0.4 is 10.6 Å². The lowest BCUT2D eigenvalue weighted by Crippen LogP contribution is -2.28. The first kappa shape index (κ1) is 13.5. The molecule has 2 rings (SSSR count). The number of fused-ring (bicyclic) bond motifs is 1. The number of aromatic amines is 1. The number of nitrogens with one attached hydrogen (secondary N) is 3. The molecule has 0 bridgehead atoms. The number of benzene rings is 1. The molecule has 0 spiro atoms. The summed E-state index contributed by atoms with van der Waals surface area (Å²) in [7, 11) is 0. The van der Waals surface area contributed by atoms with Gasteiger partial charge in [-0.25, -0.2) is 4.79 Å². The van der Waals surface area contributed by atoms with Crippen LogP contribution in [-0.2, 0) is 5.41 Å². The van der Waals surface area contributed by atoms with E-state index in [0.717, 1.165) is 16.6 Å². The Morgan fingerprint density at radius 3 is 2.63 bits per heavy atom. The Morgan fingerprint density at radius 2 is 2.00 bits per heavy atom. The third kappa shape index (κ3) is 3.08. The van der Waals surface area contributed by atoms with Crippen molar-refractivity contribution in [1.29, 1.82) is 0 Å². The van der Waals surface area contributed by atoms with Crippen LogP contribution in [0, 0.1) is 0 Å². The molecule has 0 aliphatic rings. The minimum Gasteiger partial charge on any atom is -0.358 e. The molecule has 0 atom stereocenters. The molecule has 2 amide bonds. The van der Waals surface area contributed by atoms with E-state index in [-0.39, 0.29) is 11.4 Å². The van der Waals surface area contributed by atoms with E-state index >= 15 is 0 Å². The molecular weight excluding hydrogens is 238 g/mol. The number of hydrogen-bond donors (Lipinski definition) is 3. The highest BCUT2D eigenvalue weighted by Crippen LogP contribution is 2.27. The van der Waals surface area contributed by atoms with Crippen LogP contribution >= 0.6 is 0 Å². The Bertz CT molecular complexity index is 593. The first-order valence-electron chi connectivity index (χ1n) is 6.58. The van der Waals surface area contributed by atoms with Crippen LogP contribution in [0.3, 0.4) is 0 Å². The molecule has 1 heterocycles. The Kier molecular flexibility index (Phi) is 3.51. The molecule has 2 aromatic rings. The second kappa shape index (κ2) is 4.96. The monoisotopic (exact) mass is 259 g/mol. The van der Waals surface area contributed by atoms with Crippen LogP contribution in [0.4, 0.5) is 10.5 Å².